The van der Waals surface area contributed by atoms with Crippen molar-refractivity contribution in [2.45, 2.75) is 116 Å². The third-order valence-electron chi connectivity index (χ3n) is 6.71. The number of carbonyl (C=O) groups is 3. The molecule has 0 fully saturated rings. The van der Waals surface area contributed by atoms with Gasteiger partial charge in [0, 0.05) is 19.3 Å². The SMILES string of the molecule is CC/C=C/C/C=C/C/C=C/CCCCC(=O)OC(COCCC(C(=O)[O-])[N+](C)(C)C)COC(=O)CC/C=C/CCCCC. The second-order valence-corrected chi connectivity index (χ2v) is 11.7. The average molecular weight is 606 g/mol. The van der Waals surface area contributed by atoms with Crippen molar-refractivity contribution in [3.8, 4) is 0 Å². The van der Waals surface area contributed by atoms with Gasteiger partial charge in [0.05, 0.1) is 40.3 Å². The molecule has 2 unspecified atom stereocenters. The molecule has 0 aromatic carbocycles. The first-order valence-corrected chi connectivity index (χ1v) is 16.2. The number of carbonyl (C=O) groups excluding carboxylic acids is 3. The van der Waals surface area contributed by atoms with E-state index < -0.39 is 18.1 Å². The van der Waals surface area contributed by atoms with Crippen molar-refractivity contribution in [2.24, 2.45) is 0 Å². The van der Waals surface area contributed by atoms with Gasteiger partial charge in [-0.1, -0.05) is 75.3 Å². The number of hydrogen-bond donors (Lipinski definition) is 0. The van der Waals surface area contributed by atoms with E-state index in [1.54, 1.807) is 21.1 Å². The Hall–Kier alpha value is -2.71. The van der Waals surface area contributed by atoms with Crippen LogP contribution in [-0.4, -0.2) is 75.5 Å². The summed E-state index contributed by atoms with van der Waals surface area (Å²) in [5.74, 6) is -1.87. The summed E-state index contributed by atoms with van der Waals surface area (Å²) in [4.78, 5) is 36.3. The molecular weight excluding hydrogens is 546 g/mol. The van der Waals surface area contributed by atoms with E-state index in [4.69, 9.17) is 14.2 Å². The maximum atomic E-state index is 12.5. The van der Waals surface area contributed by atoms with E-state index in [-0.39, 0.29) is 55.5 Å². The number of quaternary nitrogens is 1. The van der Waals surface area contributed by atoms with Gasteiger partial charge in [-0.15, -0.1) is 0 Å². The highest BCUT2D eigenvalue weighted by atomic mass is 16.6. The summed E-state index contributed by atoms with van der Waals surface area (Å²) in [6.07, 6.45) is 27.5. The summed E-state index contributed by atoms with van der Waals surface area (Å²) in [6.45, 7) is 4.34. The van der Waals surface area contributed by atoms with Crippen LogP contribution in [0, 0.1) is 0 Å². The number of allylic oxidation sites excluding steroid dienone is 8. The van der Waals surface area contributed by atoms with Gasteiger partial charge in [-0.3, -0.25) is 9.59 Å². The number of rotatable bonds is 27. The number of aliphatic carboxylic acids is 1. The number of esters is 2. The Labute approximate surface area is 261 Å². The first-order chi connectivity index (χ1) is 20.6. The Morgan fingerprint density at radius 1 is 0.721 bits per heavy atom. The van der Waals surface area contributed by atoms with Gasteiger partial charge in [-0.05, 0) is 57.8 Å². The summed E-state index contributed by atoms with van der Waals surface area (Å²) in [7, 11) is 5.35. The molecule has 8 heteroatoms. The molecule has 0 aromatic rings. The normalized spacial score (nSPS) is 13.8. The maximum absolute atomic E-state index is 12.5. The molecule has 2 atom stereocenters. The number of hydrogen-bond acceptors (Lipinski definition) is 7. The van der Waals surface area contributed by atoms with Crippen molar-refractivity contribution < 1.29 is 38.2 Å². The lowest BCUT2D eigenvalue weighted by atomic mass is 10.1. The maximum Gasteiger partial charge on any atom is 0.306 e. The summed E-state index contributed by atoms with van der Waals surface area (Å²) in [5.41, 5.74) is 0. The minimum Gasteiger partial charge on any atom is -0.544 e. The molecule has 0 amide bonds. The molecular formula is C35H59NO7. The Morgan fingerprint density at radius 2 is 1.33 bits per heavy atom. The van der Waals surface area contributed by atoms with Crippen LogP contribution in [0.4, 0.5) is 0 Å². The molecule has 0 aliphatic carbocycles. The van der Waals surface area contributed by atoms with Crippen LogP contribution in [0.2, 0.25) is 0 Å². The van der Waals surface area contributed by atoms with Crippen molar-refractivity contribution in [3.63, 3.8) is 0 Å². The number of likely N-dealkylation sites (N-methyl/N-ethyl adjacent to an activating group) is 1. The van der Waals surface area contributed by atoms with Gasteiger partial charge < -0.3 is 28.6 Å². The fraction of sp³-hybridized carbons (Fsp3) is 0.686. The molecule has 0 radical (unpaired) electrons. The fourth-order valence-electron chi connectivity index (χ4n) is 4.16. The predicted octanol–water partition coefficient (Wildman–Crippen LogP) is 6.01. The molecule has 43 heavy (non-hydrogen) atoms. The predicted molar refractivity (Wildman–Crippen MR) is 171 cm³/mol. The molecule has 0 bridgehead atoms. The summed E-state index contributed by atoms with van der Waals surface area (Å²) >= 11 is 0. The number of nitrogens with zero attached hydrogens (tertiary/aromatic N) is 1. The third kappa shape index (κ3) is 25.5. The molecule has 0 saturated carbocycles. The first kappa shape index (κ1) is 40.3. The van der Waals surface area contributed by atoms with Gasteiger partial charge in [0.2, 0.25) is 0 Å². The van der Waals surface area contributed by atoms with E-state index in [1.165, 1.54) is 12.8 Å². The lowest BCUT2D eigenvalue weighted by molar-refractivity contribution is -0.889. The molecule has 0 N–H and O–H groups in total. The van der Waals surface area contributed by atoms with Crippen molar-refractivity contribution in [3.05, 3.63) is 48.6 Å². The Bertz CT molecular complexity index is 855. The number of unbranched alkanes of at least 4 members (excludes halogenated alkanes) is 5. The minimum atomic E-state index is -1.14. The second kappa shape index (κ2) is 26.9. The zero-order chi connectivity index (χ0) is 32.2. The molecule has 0 aromatic heterocycles. The highest BCUT2D eigenvalue weighted by molar-refractivity contribution is 5.70. The van der Waals surface area contributed by atoms with Crippen molar-refractivity contribution in [1.82, 2.24) is 0 Å². The summed E-state index contributed by atoms with van der Waals surface area (Å²) < 4.78 is 16.8. The van der Waals surface area contributed by atoms with Gasteiger partial charge >= 0.3 is 11.9 Å². The number of carboxylic acids is 1. The van der Waals surface area contributed by atoms with E-state index in [2.05, 4.69) is 56.4 Å². The van der Waals surface area contributed by atoms with E-state index in [0.717, 1.165) is 44.9 Å². The van der Waals surface area contributed by atoms with Crippen LogP contribution >= 0.6 is 0 Å². The lowest BCUT2D eigenvalue weighted by Crippen LogP contribution is -2.55. The summed E-state index contributed by atoms with van der Waals surface area (Å²) in [5, 5.41) is 11.5. The Kier molecular flexibility index (Phi) is 25.2. The van der Waals surface area contributed by atoms with Crippen LogP contribution < -0.4 is 5.11 Å². The van der Waals surface area contributed by atoms with Crippen LogP contribution in [-0.2, 0) is 28.6 Å². The molecule has 0 aliphatic rings. The lowest BCUT2D eigenvalue weighted by Gasteiger charge is -2.34. The average Bonchev–Trinajstić information content (AvgIpc) is 2.94. The molecule has 246 valence electrons. The molecule has 0 rings (SSSR count). The van der Waals surface area contributed by atoms with E-state index in [0.29, 0.717) is 12.8 Å². The van der Waals surface area contributed by atoms with Crippen molar-refractivity contribution >= 4 is 17.9 Å². The molecule has 0 saturated heterocycles. The van der Waals surface area contributed by atoms with E-state index in [9.17, 15) is 19.5 Å². The van der Waals surface area contributed by atoms with Gasteiger partial charge in [-0.2, -0.15) is 0 Å². The quantitative estimate of drug-likeness (QED) is 0.0489. The Morgan fingerprint density at radius 3 is 1.95 bits per heavy atom. The van der Waals surface area contributed by atoms with E-state index >= 15 is 0 Å². The van der Waals surface area contributed by atoms with Crippen LogP contribution in [0.25, 0.3) is 0 Å². The van der Waals surface area contributed by atoms with Crippen molar-refractivity contribution in [2.75, 3.05) is 41.0 Å². The molecule has 0 aliphatic heterocycles. The number of ether oxygens (including phenoxy) is 3. The highest BCUT2D eigenvalue weighted by Gasteiger charge is 2.25. The molecule has 0 spiro atoms. The van der Waals surface area contributed by atoms with Gasteiger partial charge in [0.1, 0.15) is 12.6 Å². The topological polar surface area (TPSA) is 102 Å². The molecule has 8 nitrogen and oxygen atoms in total. The monoisotopic (exact) mass is 605 g/mol. The van der Waals surface area contributed by atoms with Crippen LogP contribution in [0.1, 0.15) is 104 Å². The fourth-order valence-corrected chi connectivity index (χ4v) is 4.16. The summed E-state index contributed by atoms with van der Waals surface area (Å²) in [6, 6.07) is -0.734. The largest absolute Gasteiger partial charge is 0.544 e. The van der Waals surface area contributed by atoms with Crippen LogP contribution in [0.3, 0.4) is 0 Å². The number of carboxylic acid groups (broad SMARTS) is 1. The minimum absolute atomic E-state index is 0.0117. The van der Waals surface area contributed by atoms with E-state index in [1.807, 2.05) is 6.08 Å². The Balaban J connectivity index is 4.62. The third-order valence-corrected chi connectivity index (χ3v) is 6.71. The van der Waals surface area contributed by atoms with Crippen molar-refractivity contribution in [1.29, 1.82) is 0 Å². The standard InChI is InChI=1S/C35H59NO7/c1-6-8-10-12-14-15-16-17-18-20-22-24-26-34(38)43-31(29-41-28-27-32(35(39)40)36(3,4)5)30-42-33(37)25-23-21-19-13-11-9-7-2/h8,10,14-15,17-19,21,31-32H,6-7,9,11-13,16,20,22-30H2,1-5H3/b10-8+,15-14+,18-17+,21-19+. The second-order valence-electron chi connectivity index (χ2n) is 11.7. The smallest absolute Gasteiger partial charge is 0.306 e. The van der Waals surface area contributed by atoms with Crippen LogP contribution in [0.5, 0.6) is 0 Å². The zero-order valence-corrected chi connectivity index (χ0v) is 27.6. The van der Waals surface area contributed by atoms with Gasteiger partial charge in [0.25, 0.3) is 0 Å². The molecule has 0 heterocycles. The van der Waals surface area contributed by atoms with Gasteiger partial charge in [-0.25, -0.2) is 0 Å². The first-order valence-electron chi connectivity index (χ1n) is 16.2. The van der Waals surface area contributed by atoms with Gasteiger partial charge in [0.15, 0.2) is 6.10 Å². The zero-order valence-electron chi connectivity index (χ0n) is 27.6. The van der Waals surface area contributed by atoms with Crippen LogP contribution in [0.15, 0.2) is 48.6 Å². The highest BCUT2D eigenvalue weighted by Crippen LogP contribution is 2.10.